The molecule has 1 amide bonds. The largest absolute Gasteiger partial charge is 0.323 e. The van der Waals surface area contributed by atoms with E-state index in [1.807, 2.05) is 30.3 Å². The Bertz CT molecular complexity index is 1270. The van der Waals surface area contributed by atoms with Gasteiger partial charge in [-0.1, -0.05) is 61.0 Å². The molecule has 2 aromatic carbocycles. The number of rotatable bonds is 2. The zero-order valence-corrected chi connectivity index (χ0v) is 21.4. The number of thiocarbonyl (C=S) groups is 1. The second-order valence-corrected chi connectivity index (χ2v) is 11.5. The molecule has 1 atom stereocenters. The van der Waals surface area contributed by atoms with E-state index in [4.69, 9.17) is 12.2 Å². The molecule has 0 fully saturated rings. The first-order chi connectivity index (χ1) is 15.2. The van der Waals surface area contributed by atoms with E-state index in [-0.39, 0.29) is 16.4 Å². The van der Waals surface area contributed by atoms with E-state index in [9.17, 15) is 10.1 Å². The van der Waals surface area contributed by atoms with Crippen molar-refractivity contribution in [1.29, 1.82) is 5.26 Å². The molecular weight excluding hydrogens is 502 g/mol. The Morgan fingerprint density at radius 3 is 2.66 bits per heavy atom. The number of thiophene rings is 1. The van der Waals surface area contributed by atoms with Crippen LogP contribution >= 0.6 is 39.5 Å². The van der Waals surface area contributed by atoms with Crippen molar-refractivity contribution >= 4 is 66.3 Å². The monoisotopic (exact) mass is 525 g/mol. The summed E-state index contributed by atoms with van der Waals surface area (Å²) in [5, 5.41) is 18.4. The van der Waals surface area contributed by atoms with E-state index in [2.05, 4.69) is 53.4 Å². The third kappa shape index (κ3) is 4.45. The number of fused-ring (bicyclic) bond motifs is 2. The number of amides is 1. The maximum atomic E-state index is 13.0. The van der Waals surface area contributed by atoms with Crippen molar-refractivity contribution < 1.29 is 4.79 Å². The van der Waals surface area contributed by atoms with Gasteiger partial charge in [-0.15, -0.1) is 11.3 Å². The molecule has 7 heteroatoms. The first kappa shape index (κ1) is 22.9. The van der Waals surface area contributed by atoms with Gasteiger partial charge >= 0.3 is 0 Å². The normalized spacial score (nSPS) is 15.7. The van der Waals surface area contributed by atoms with Gasteiger partial charge in [0.15, 0.2) is 5.11 Å². The van der Waals surface area contributed by atoms with Crippen molar-refractivity contribution in [2.24, 2.45) is 11.3 Å². The smallest absolute Gasteiger partial charge is 0.258 e. The van der Waals surface area contributed by atoms with Crippen molar-refractivity contribution in [3.63, 3.8) is 0 Å². The molecule has 2 N–H and O–H groups in total. The van der Waals surface area contributed by atoms with Gasteiger partial charge in [0.05, 0.1) is 5.56 Å². The van der Waals surface area contributed by atoms with E-state index in [1.165, 1.54) is 4.88 Å². The fraction of sp³-hybridized carbons (Fsp3) is 0.320. The Labute approximate surface area is 206 Å². The Hall–Kier alpha value is -2.27. The average molecular weight is 527 g/mol. The molecular formula is C25H24BrN3OS2. The molecule has 164 valence electrons. The van der Waals surface area contributed by atoms with Gasteiger partial charge in [-0.25, -0.2) is 0 Å². The number of carbonyl (C=O) groups excluding carboxylic acids is 1. The van der Waals surface area contributed by atoms with E-state index in [1.54, 1.807) is 17.4 Å². The van der Waals surface area contributed by atoms with Gasteiger partial charge in [0.1, 0.15) is 11.1 Å². The molecule has 0 spiro atoms. The summed E-state index contributed by atoms with van der Waals surface area (Å²) in [5.41, 5.74) is 2.57. The number of hydrogen-bond acceptors (Lipinski definition) is 4. The van der Waals surface area contributed by atoms with Crippen LogP contribution in [0.2, 0.25) is 0 Å². The molecule has 3 aromatic rings. The molecule has 1 aliphatic rings. The van der Waals surface area contributed by atoms with Gasteiger partial charge in [-0.2, -0.15) is 5.26 Å². The molecule has 0 bridgehead atoms. The number of nitrogens with zero attached hydrogens (tertiary/aromatic N) is 1. The molecule has 32 heavy (non-hydrogen) atoms. The van der Waals surface area contributed by atoms with Crippen LogP contribution in [-0.4, -0.2) is 11.0 Å². The quantitative estimate of drug-likeness (QED) is 0.360. The number of carbonyl (C=O) groups is 1. The first-order valence-electron chi connectivity index (χ1n) is 10.5. The maximum absolute atomic E-state index is 13.0. The minimum absolute atomic E-state index is 0.199. The van der Waals surface area contributed by atoms with Gasteiger partial charge in [0.2, 0.25) is 0 Å². The molecule has 1 aliphatic carbocycles. The second-order valence-electron chi connectivity index (χ2n) is 9.17. The van der Waals surface area contributed by atoms with Crippen LogP contribution in [0.25, 0.3) is 10.8 Å². The lowest BCUT2D eigenvalue weighted by Crippen LogP contribution is -2.34. The highest BCUT2D eigenvalue weighted by Crippen LogP contribution is 2.44. The number of nitriles is 1. The summed E-state index contributed by atoms with van der Waals surface area (Å²) in [6.07, 6.45) is 2.96. The Balaban J connectivity index is 1.53. The van der Waals surface area contributed by atoms with Gasteiger partial charge in [0.25, 0.3) is 5.91 Å². The van der Waals surface area contributed by atoms with E-state index in [0.29, 0.717) is 17.0 Å². The molecule has 0 saturated carbocycles. The standard InChI is InChI=1S/C25H24BrN3OS2/c1-25(2,3)14-10-11-17-19(13-27)23(32-21(17)12-14)29-24(31)28-22(30)18-8-4-7-16-15(18)6-5-9-20(16)26/h4-9,14H,10-12H2,1-3H3,(H2,28,29,30,31)/t14-/m0/s1. The van der Waals surface area contributed by atoms with Crippen molar-refractivity contribution in [2.75, 3.05) is 5.32 Å². The molecule has 0 radical (unpaired) electrons. The number of anilines is 1. The fourth-order valence-corrected chi connectivity index (χ4v) is 6.35. The van der Waals surface area contributed by atoms with Crippen LogP contribution in [0.15, 0.2) is 40.9 Å². The number of hydrogen-bond donors (Lipinski definition) is 2. The average Bonchev–Trinajstić information content (AvgIpc) is 3.08. The summed E-state index contributed by atoms with van der Waals surface area (Å²) in [6.45, 7) is 6.82. The zero-order valence-electron chi connectivity index (χ0n) is 18.2. The Kier molecular flexibility index (Phi) is 6.39. The summed E-state index contributed by atoms with van der Waals surface area (Å²) in [5.74, 6) is 0.309. The molecule has 0 saturated heterocycles. The number of benzene rings is 2. The van der Waals surface area contributed by atoms with Crippen LogP contribution in [0.4, 0.5) is 5.00 Å². The molecule has 4 nitrogen and oxygen atoms in total. The van der Waals surface area contributed by atoms with Crippen molar-refractivity contribution in [2.45, 2.75) is 40.0 Å². The Morgan fingerprint density at radius 1 is 1.22 bits per heavy atom. The topological polar surface area (TPSA) is 64.9 Å². The molecule has 1 aromatic heterocycles. The second kappa shape index (κ2) is 8.93. The molecule has 4 rings (SSSR count). The minimum atomic E-state index is -0.279. The van der Waals surface area contributed by atoms with E-state index >= 15 is 0 Å². The predicted molar refractivity (Wildman–Crippen MR) is 139 cm³/mol. The van der Waals surface area contributed by atoms with Crippen molar-refractivity contribution in [3.8, 4) is 6.07 Å². The summed E-state index contributed by atoms with van der Waals surface area (Å²) in [7, 11) is 0. The van der Waals surface area contributed by atoms with E-state index in [0.717, 1.165) is 45.1 Å². The van der Waals surface area contributed by atoms with Gasteiger partial charge < -0.3 is 5.32 Å². The first-order valence-corrected chi connectivity index (χ1v) is 12.5. The number of nitrogens with one attached hydrogen (secondary N) is 2. The fourth-order valence-electron chi connectivity index (χ4n) is 4.31. The van der Waals surface area contributed by atoms with Crippen molar-refractivity contribution in [3.05, 3.63) is 62.4 Å². The molecule has 1 heterocycles. The van der Waals surface area contributed by atoms with E-state index < -0.39 is 0 Å². The SMILES string of the molecule is CC(C)(C)[C@H]1CCc2c(sc(NC(=S)NC(=O)c3cccc4c(Br)cccc34)c2C#N)C1. The highest BCUT2D eigenvalue weighted by Gasteiger charge is 2.32. The highest BCUT2D eigenvalue weighted by atomic mass is 79.9. The van der Waals surface area contributed by atoms with Crippen LogP contribution in [0.5, 0.6) is 0 Å². The summed E-state index contributed by atoms with van der Waals surface area (Å²) in [6, 6.07) is 13.7. The third-order valence-corrected chi connectivity index (χ3v) is 8.23. The van der Waals surface area contributed by atoms with Gasteiger partial charge in [-0.05, 0) is 71.3 Å². The maximum Gasteiger partial charge on any atom is 0.258 e. The molecule has 0 aliphatic heterocycles. The minimum Gasteiger partial charge on any atom is -0.323 e. The zero-order chi connectivity index (χ0) is 23.0. The van der Waals surface area contributed by atoms with Crippen LogP contribution in [0.3, 0.4) is 0 Å². The lowest BCUT2D eigenvalue weighted by atomic mass is 9.72. The predicted octanol–water partition coefficient (Wildman–Crippen LogP) is 6.81. The number of halogens is 1. The lowest BCUT2D eigenvalue weighted by molar-refractivity contribution is 0.0979. The van der Waals surface area contributed by atoms with Crippen LogP contribution in [0, 0.1) is 22.7 Å². The summed E-state index contributed by atoms with van der Waals surface area (Å²) < 4.78 is 0.932. The van der Waals surface area contributed by atoms with Crippen LogP contribution in [-0.2, 0) is 12.8 Å². The Morgan fingerprint density at radius 2 is 1.94 bits per heavy atom. The molecule has 0 unspecified atom stereocenters. The van der Waals surface area contributed by atoms with Crippen LogP contribution in [0.1, 0.15) is 53.6 Å². The summed E-state index contributed by atoms with van der Waals surface area (Å²) in [4.78, 5) is 14.2. The summed E-state index contributed by atoms with van der Waals surface area (Å²) >= 11 is 10.6. The van der Waals surface area contributed by atoms with Crippen molar-refractivity contribution in [1.82, 2.24) is 5.32 Å². The van der Waals surface area contributed by atoms with Gasteiger partial charge in [-0.3, -0.25) is 10.1 Å². The van der Waals surface area contributed by atoms with Crippen LogP contribution < -0.4 is 10.6 Å². The van der Waals surface area contributed by atoms with Gasteiger partial charge in [0, 0.05) is 14.9 Å². The third-order valence-electron chi connectivity index (χ3n) is 6.17. The highest BCUT2D eigenvalue weighted by molar-refractivity contribution is 9.10. The lowest BCUT2D eigenvalue weighted by Gasteiger charge is -2.33.